The summed E-state index contributed by atoms with van der Waals surface area (Å²) in [7, 11) is 0. The van der Waals surface area contributed by atoms with Crippen LogP contribution >= 0.6 is 0 Å². The molecule has 15 nitrogen and oxygen atoms in total. The van der Waals surface area contributed by atoms with Crippen LogP contribution in [0.5, 0.6) is 11.8 Å². The van der Waals surface area contributed by atoms with E-state index in [1.54, 1.807) is 18.3 Å². The van der Waals surface area contributed by atoms with Crippen LogP contribution in [-0.2, 0) is 16.0 Å². The van der Waals surface area contributed by atoms with Gasteiger partial charge in [-0.3, -0.25) is 19.2 Å². The molecule has 2 N–H and O–H groups in total. The molecule has 7 fully saturated rings. The monoisotopic (exact) mass is 995 g/mol. The van der Waals surface area contributed by atoms with Gasteiger partial charge in [0.1, 0.15) is 34.6 Å². The lowest BCUT2D eigenvalue weighted by Crippen LogP contribution is -2.59. The van der Waals surface area contributed by atoms with E-state index in [0.717, 1.165) is 96.8 Å². The van der Waals surface area contributed by atoms with Gasteiger partial charge in [0.15, 0.2) is 11.4 Å². The zero-order chi connectivity index (χ0) is 49.8. The number of nitrogens with zero attached hydrogens (tertiary/aromatic N) is 8. The Balaban J connectivity index is 0.654. The molecule has 2 saturated carbocycles. The minimum atomic E-state index is -0.668. The first-order chi connectivity index (χ1) is 35.4. The highest BCUT2D eigenvalue weighted by Crippen LogP contribution is 2.53. The van der Waals surface area contributed by atoms with Crippen molar-refractivity contribution >= 4 is 50.2 Å². The Morgan fingerprint density at radius 3 is 2.48 bits per heavy atom. The van der Waals surface area contributed by atoms with E-state index in [-0.39, 0.29) is 39.9 Å². The van der Waals surface area contributed by atoms with Crippen molar-refractivity contribution in [3.05, 3.63) is 88.7 Å². The molecule has 5 aliphatic heterocycles. The third-order valence-electron chi connectivity index (χ3n) is 17.9. The summed E-state index contributed by atoms with van der Waals surface area (Å²) in [5.41, 5.74) is 3.78. The number of aromatic nitrogens is 4. The number of pyridine rings is 1. The third kappa shape index (κ3) is 8.29. The van der Waals surface area contributed by atoms with E-state index in [9.17, 15) is 14.7 Å². The number of rotatable bonds is 11. The predicted octanol–water partition coefficient (Wildman–Crippen LogP) is 8.25. The van der Waals surface area contributed by atoms with E-state index in [1.165, 1.54) is 42.4 Å². The summed E-state index contributed by atoms with van der Waals surface area (Å²) in [5.74, 6) is -1.29. The molecule has 0 radical (unpaired) electrons. The van der Waals surface area contributed by atoms with E-state index in [1.807, 2.05) is 25.1 Å². The number of phenols is 1. The molecule has 6 aromatic rings. The summed E-state index contributed by atoms with van der Waals surface area (Å²) < 4.78 is 52.3. The standard InChI is InChI=1S/C56H63F2N9O6/c1-3-39-42(57)8-6-35-25-38(68)27-40(46(35)39)48-47(58)49-41(30-59-48)50(66-17-4-11-56(32-66)16-24-72-56)62-52(61-49)71-33-55(12-13-55)31-63-18-14-54(15-19-63)28-37(29-54)65-22-20-64(21-23-65)36-7-10-43-45(26-36)73-53(70)67(43)44-9-5-34(2)60-51(44)69/h6-8,10,25-27,30,37,44,68H,2-5,9,11-24,28-29,31-33H2,1H3,(H,60,69)/t44?,56-/m0/s1. The minimum Gasteiger partial charge on any atom is -0.508 e. The van der Waals surface area contributed by atoms with Crippen LogP contribution in [-0.4, -0.2) is 124 Å². The molecule has 17 heteroatoms. The summed E-state index contributed by atoms with van der Waals surface area (Å²) in [6.07, 6.45) is 12.9. The molecule has 3 aromatic carbocycles. The number of likely N-dealkylation sites (tertiary alicyclic amines) is 1. The molecule has 2 spiro atoms. The number of hydrogen-bond donors (Lipinski definition) is 2. The van der Waals surface area contributed by atoms with Gasteiger partial charge in [0.2, 0.25) is 5.91 Å². The normalized spacial score (nSPS) is 24.4. The smallest absolute Gasteiger partial charge is 0.420 e. The number of aromatic hydroxyl groups is 1. The average Bonchev–Trinajstić information content (AvgIpc) is 4.06. The van der Waals surface area contributed by atoms with Crippen molar-refractivity contribution in [1.82, 2.24) is 34.6 Å². The number of nitrogens with one attached hydrogen (secondary N) is 1. The zero-order valence-corrected chi connectivity index (χ0v) is 41.6. The summed E-state index contributed by atoms with van der Waals surface area (Å²) in [4.78, 5) is 49.9. The lowest BCUT2D eigenvalue weighted by Gasteiger charge is -2.56. The van der Waals surface area contributed by atoms with Gasteiger partial charge in [-0.25, -0.2) is 13.6 Å². The van der Waals surface area contributed by atoms with Crippen LogP contribution in [0.2, 0.25) is 0 Å². The highest BCUT2D eigenvalue weighted by molar-refractivity contribution is 6.02. The van der Waals surface area contributed by atoms with Gasteiger partial charge in [0.05, 0.1) is 29.7 Å². The van der Waals surface area contributed by atoms with Gasteiger partial charge in [0, 0.05) is 92.9 Å². The van der Waals surface area contributed by atoms with Crippen molar-refractivity contribution < 1.29 is 32.6 Å². The number of allylic oxidation sites excluding steroid dienone is 1. The van der Waals surface area contributed by atoms with Crippen LogP contribution in [0.4, 0.5) is 20.3 Å². The number of anilines is 2. The summed E-state index contributed by atoms with van der Waals surface area (Å²) in [6, 6.07) is 12.0. The first-order valence-electron chi connectivity index (χ1n) is 26.5. The molecule has 1 amide bonds. The molecular formula is C56H63F2N9O6. The van der Waals surface area contributed by atoms with Gasteiger partial charge in [-0.1, -0.05) is 19.6 Å². The second-order valence-corrected chi connectivity index (χ2v) is 22.5. The molecule has 0 bridgehead atoms. The number of fused-ring (bicyclic) bond motifs is 3. The number of aryl methyl sites for hydroxylation is 1. The SMILES string of the molecule is C=C1CCC(n2c(=O)oc3cc(N4CCN(C5CC6(CCN(CC7(COc8nc(N9CCC[C@]%10(CCO%10)C9)c9cnc(-c%10cc(O)cc%11ccc(F)c(CC)c%10%11)c(F)c9n8)CC7)CC6)C5)CC4)ccc32)C(=O)N1. The first-order valence-corrected chi connectivity index (χ1v) is 26.5. The fourth-order valence-corrected chi connectivity index (χ4v) is 13.4. The Kier molecular flexibility index (Phi) is 11.3. The number of piperidine rings is 3. The van der Waals surface area contributed by atoms with Gasteiger partial charge >= 0.3 is 11.8 Å². The topological polar surface area (TPSA) is 155 Å². The second kappa shape index (κ2) is 17.8. The number of benzene rings is 3. The molecule has 1 unspecified atom stereocenters. The fraction of sp³-hybridized carbons (Fsp3) is 0.518. The quantitative estimate of drug-likeness (QED) is 0.128. The van der Waals surface area contributed by atoms with Crippen molar-refractivity contribution in [1.29, 1.82) is 0 Å². The maximum Gasteiger partial charge on any atom is 0.420 e. The van der Waals surface area contributed by atoms with E-state index in [2.05, 4.69) is 36.5 Å². The van der Waals surface area contributed by atoms with E-state index in [0.29, 0.717) is 93.8 Å². The maximum absolute atomic E-state index is 17.3. The number of carbonyl (C=O) groups is 1. The van der Waals surface area contributed by atoms with E-state index >= 15 is 8.78 Å². The van der Waals surface area contributed by atoms with Crippen molar-refractivity contribution in [3.8, 4) is 23.0 Å². The average molecular weight is 996 g/mol. The number of oxazole rings is 1. The van der Waals surface area contributed by atoms with E-state index in [4.69, 9.17) is 23.9 Å². The molecule has 2 aliphatic carbocycles. The van der Waals surface area contributed by atoms with Crippen molar-refractivity contribution in [2.24, 2.45) is 10.8 Å². The van der Waals surface area contributed by atoms with Crippen molar-refractivity contribution in [2.75, 3.05) is 81.9 Å². The molecule has 8 heterocycles. The Morgan fingerprint density at radius 2 is 1.74 bits per heavy atom. The van der Waals surface area contributed by atoms with Crippen LogP contribution in [0.25, 0.3) is 44.0 Å². The molecule has 7 aliphatic rings. The van der Waals surface area contributed by atoms with E-state index < -0.39 is 23.4 Å². The molecule has 2 atom stereocenters. The Bertz CT molecular complexity index is 3250. The highest BCUT2D eigenvalue weighted by atomic mass is 19.1. The Hall–Kier alpha value is -6.17. The van der Waals surface area contributed by atoms with Gasteiger partial charge < -0.3 is 39.0 Å². The van der Waals surface area contributed by atoms with Crippen LogP contribution < -0.4 is 25.6 Å². The number of hydrogen-bond acceptors (Lipinski definition) is 13. The van der Waals surface area contributed by atoms with Crippen LogP contribution in [0.3, 0.4) is 0 Å². The largest absolute Gasteiger partial charge is 0.508 e. The molecule has 73 heavy (non-hydrogen) atoms. The number of piperazine rings is 1. The van der Waals surface area contributed by atoms with Gasteiger partial charge in [-0.05, 0) is 136 Å². The highest BCUT2D eigenvalue weighted by Gasteiger charge is 2.51. The Morgan fingerprint density at radius 1 is 0.932 bits per heavy atom. The second-order valence-electron chi connectivity index (χ2n) is 22.5. The number of ether oxygens (including phenoxy) is 2. The number of halogens is 2. The van der Waals surface area contributed by atoms with Gasteiger partial charge in [-0.2, -0.15) is 9.97 Å². The lowest BCUT2D eigenvalue weighted by atomic mass is 9.60. The molecular weight excluding hydrogens is 933 g/mol. The summed E-state index contributed by atoms with van der Waals surface area (Å²) >= 11 is 0. The maximum atomic E-state index is 17.3. The molecule has 382 valence electrons. The predicted molar refractivity (Wildman–Crippen MR) is 274 cm³/mol. The summed E-state index contributed by atoms with van der Waals surface area (Å²) in [5, 5.41) is 15.2. The van der Waals surface area contributed by atoms with Crippen LogP contribution in [0.1, 0.15) is 89.2 Å². The minimum absolute atomic E-state index is 0.0141. The number of carbonyl (C=O) groups excluding carboxylic acids is 1. The van der Waals surface area contributed by atoms with Crippen LogP contribution in [0, 0.1) is 22.5 Å². The lowest BCUT2D eigenvalue weighted by molar-refractivity contribution is -0.151. The third-order valence-corrected chi connectivity index (χ3v) is 17.9. The fourth-order valence-electron chi connectivity index (χ4n) is 13.4. The van der Waals surface area contributed by atoms with Crippen molar-refractivity contribution in [3.63, 3.8) is 0 Å². The Labute approximate surface area is 422 Å². The summed E-state index contributed by atoms with van der Waals surface area (Å²) in [6.45, 7) is 15.1. The van der Waals surface area contributed by atoms with Crippen molar-refractivity contribution in [2.45, 2.75) is 102 Å². The molecule has 3 aromatic heterocycles. The molecule has 13 rings (SSSR count). The number of amides is 1. The number of phenolic OH excluding ortho intramolecular Hbond substituents is 1. The van der Waals surface area contributed by atoms with Gasteiger partial charge in [0.25, 0.3) is 0 Å². The first kappa shape index (κ1) is 46.6. The zero-order valence-electron chi connectivity index (χ0n) is 41.6. The van der Waals surface area contributed by atoms with Crippen LogP contribution in [0.15, 0.2) is 70.1 Å². The molecule has 5 saturated heterocycles. The van der Waals surface area contributed by atoms with Gasteiger partial charge in [-0.15, -0.1) is 0 Å².